The maximum absolute atomic E-state index is 12.1. The summed E-state index contributed by atoms with van der Waals surface area (Å²) < 4.78 is 1.65. The number of nitrogens with two attached hydrogens (primary N) is 1. The molecule has 1 aliphatic carbocycles. The summed E-state index contributed by atoms with van der Waals surface area (Å²) in [4.78, 5) is 12.1. The van der Waals surface area contributed by atoms with E-state index in [1.807, 2.05) is 6.07 Å². The van der Waals surface area contributed by atoms with Gasteiger partial charge < -0.3 is 11.1 Å². The van der Waals surface area contributed by atoms with E-state index < -0.39 is 0 Å². The maximum Gasteiger partial charge on any atom is 0.269 e. The van der Waals surface area contributed by atoms with Gasteiger partial charge in [-0.2, -0.15) is 5.10 Å². The Labute approximate surface area is 120 Å². The summed E-state index contributed by atoms with van der Waals surface area (Å²) in [5.41, 5.74) is 7.20. The standard InChI is InChI=1S/C13H22N4O.ClH/c1-13(2,3)11-7-10(17(4)16-11)12(18)15-9-5-8(14)6-9;/h7-9H,5-6,14H2,1-4H3,(H,15,18);1H. The van der Waals surface area contributed by atoms with E-state index in [0.717, 1.165) is 18.5 Å². The summed E-state index contributed by atoms with van der Waals surface area (Å²) in [5, 5.41) is 7.39. The quantitative estimate of drug-likeness (QED) is 0.862. The third kappa shape index (κ3) is 3.48. The first-order valence-corrected chi connectivity index (χ1v) is 6.38. The highest BCUT2D eigenvalue weighted by atomic mass is 35.5. The Hall–Kier alpha value is -1.07. The second-order valence-electron chi connectivity index (χ2n) is 6.19. The summed E-state index contributed by atoms with van der Waals surface area (Å²) in [6.07, 6.45) is 1.74. The van der Waals surface area contributed by atoms with E-state index in [9.17, 15) is 4.79 Å². The zero-order valence-electron chi connectivity index (χ0n) is 11.9. The number of aromatic nitrogens is 2. The van der Waals surface area contributed by atoms with Crippen molar-refractivity contribution in [2.45, 2.75) is 51.1 Å². The van der Waals surface area contributed by atoms with Crippen LogP contribution in [0.2, 0.25) is 0 Å². The molecule has 2 rings (SSSR count). The molecule has 1 saturated carbocycles. The highest BCUT2D eigenvalue weighted by molar-refractivity contribution is 5.93. The molecule has 6 heteroatoms. The predicted molar refractivity (Wildman–Crippen MR) is 77.6 cm³/mol. The van der Waals surface area contributed by atoms with Crippen molar-refractivity contribution in [3.05, 3.63) is 17.5 Å². The second-order valence-corrected chi connectivity index (χ2v) is 6.19. The fraction of sp³-hybridized carbons (Fsp3) is 0.692. The van der Waals surface area contributed by atoms with Crippen LogP contribution in [-0.2, 0) is 12.5 Å². The topological polar surface area (TPSA) is 72.9 Å². The molecule has 5 nitrogen and oxygen atoms in total. The van der Waals surface area contributed by atoms with Crippen LogP contribution in [0.5, 0.6) is 0 Å². The van der Waals surface area contributed by atoms with Gasteiger partial charge in [-0.1, -0.05) is 20.8 Å². The molecule has 0 spiro atoms. The Morgan fingerprint density at radius 3 is 2.47 bits per heavy atom. The number of hydrogen-bond donors (Lipinski definition) is 2. The number of carbonyl (C=O) groups is 1. The molecular weight excluding hydrogens is 264 g/mol. The van der Waals surface area contributed by atoms with Crippen molar-refractivity contribution < 1.29 is 4.79 Å². The summed E-state index contributed by atoms with van der Waals surface area (Å²) in [7, 11) is 1.80. The summed E-state index contributed by atoms with van der Waals surface area (Å²) >= 11 is 0. The zero-order chi connectivity index (χ0) is 13.5. The molecule has 0 aromatic carbocycles. The van der Waals surface area contributed by atoms with Crippen LogP contribution in [-0.4, -0.2) is 27.8 Å². The van der Waals surface area contributed by atoms with Gasteiger partial charge in [0, 0.05) is 24.5 Å². The van der Waals surface area contributed by atoms with Gasteiger partial charge in [-0.25, -0.2) is 0 Å². The SMILES string of the molecule is Cl.Cn1nc(C(C)(C)C)cc1C(=O)NC1CC(N)C1. The Balaban J connectivity index is 0.00000180. The highest BCUT2D eigenvalue weighted by Gasteiger charge is 2.29. The van der Waals surface area contributed by atoms with Crippen LogP contribution >= 0.6 is 12.4 Å². The molecule has 0 bridgehead atoms. The molecule has 108 valence electrons. The number of nitrogens with one attached hydrogen (secondary N) is 1. The smallest absolute Gasteiger partial charge is 0.269 e. The van der Waals surface area contributed by atoms with Crippen molar-refractivity contribution in [2.24, 2.45) is 12.8 Å². The average Bonchev–Trinajstić information content (AvgIpc) is 2.57. The number of rotatable bonds is 2. The Morgan fingerprint density at radius 2 is 2.05 bits per heavy atom. The fourth-order valence-corrected chi connectivity index (χ4v) is 2.09. The summed E-state index contributed by atoms with van der Waals surface area (Å²) in [5.74, 6) is -0.0580. The molecule has 3 N–H and O–H groups in total. The molecule has 0 atom stereocenters. The minimum absolute atomic E-state index is 0. The number of aryl methyl sites for hydroxylation is 1. The number of hydrogen-bond acceptors (Lipinski definition) is 3. The first kappa shape index (κ1) is 16.0. The number of nitrogens with zero attached hydrogens (tertiary/aromatic N) is 2. The van der Waals surface area contributed by atoms with E-state index in [4.69, 9.17) is 5.73 Å². The maximum atomic E-state index is 12.1. The van der Waals surface area contributed by atoms with Crippen molar-refractivity contribution in [3.8, 4) is 0 Å². The molecule has 0 saturated heterocycles. The molecule has 1 aromatic heterocycles. The number of carbonyl (C=O) groups excluding carboxylic acids is 1. The van der Waals surface area contributed by atoms with Crippen LogP contribution in [0.15, 0.2) is 6.07 Å². The predicted octanol–water partition coefficient (Wildman–Crippen LogP) is 1.36. The monoisotopic (exact) mass is 286 g/mol. The lowest BCUT2D eigenvalue weighted by Gasteiger charge is -2.32. The van der Waals surface area contributed by atoms with Gasteiger partial charge in [-0.3, -0.25) is 9.48 Å². The lowest BCUT2D eigenvalue weighted by atomic mass is 9.87. The molecule has 0 radical (unpaired) electrons. The van der Waals surface area contributed by atoms with Crippen LogP contribution < -0.4 is 11.1 Å². The molecule has 0 unspecified atom stereocenters. The van der Waals surface area contributed by atoms with E-state index in [-0.39, 0.29) is 35.8 Å². The molecule has 19 heavy (non-hydrogen) atoms. The van der Waals surface area contributed by atoms with Gasteiger partial charge in [-0.15, -0.1) is 12.4 Å². The number of halogens is 1. The van der Waals surface area contributed by atoms with Crippen molar-refractivity contribution in [2.75, 3.05) is 0 Å². The van der Waals surface area contributed by atoms with Crippen LogP contribution in [0.1, 0.15) is 49.8 Å². The minimum atomic E-state index is -0.0580. The first-order valence-electron chi connectivity index (χ1n) is 6.38. The third-order valence-corrected chi connectivity index (χ3v) is 3.39. The van der Waals surface area contributed by atoms with Gasteiger partial charge in [0.15, 0.2) is 0 Å². The van der Waals surface area contributed by atoms with Crippen molar-refractivity contribution in [3.63, 3.8) is 0 Å². The lowest BCUT2D eigenvalue weighted by Crippen LogP contribution is -2.50. The number of amides is 1. The van der Waals surface area contributed by atoms with Crippen LogP contribution in [0.3, 0.4) is 0 Å². The largest absolute Gasteiger partial charge is 0.348 e. The molecular formula is C13H23ClN4O. The van der Waals surface area contributed by atoms with E-state index >= 15 is 0 Å². The van der Waals surface area contributed by atoms with Gasteiger partial charge in [0.2, 0.25) is 0 Å². The molecule has 0 aliphatic heterocycles. The lowest BCUT2D eigenvalue weighted by molar-refractivity contribution is 0.0900. The van der Waals surface area contributed by atoms with Crippen LogP contribution in [0.4, 0.5) is 0 Å². The zero-order valence-corrected chi connectivity index (χ0v) is 12.8. The summed E-state index contributed by atoms with van der Waals surface area (Å²) in [6, 6.07) is 2.33. The first-order chi connectivity index (χ1) is 8.27. The molecule has 1 amide bonds. The van der Waals surface area contributed by atoms with Crippen molar-refractivity contribution in [1.82, 2.24) is 15.1 Å². The molecule has 1 aliphatic rings. The summed E-state index contributed by atoms with van der Waals surface area (Å²) in [6.45, 7) is 6.26. The van der Waals surface area contributed by atoms with Gasteiger partial charge in [-0.05, 0) is 18.9 Å². The Bertz CT molecular complexity index is 458. The van der Waals surface area contributed by atoms with E-state index in [2.05, 4.69) is 31.2 Å². The molecule has 1 heterocycles. The van der Waals surface area contributed by atoms with Crippen LogP contribution in [0, 0.1) is 0 Å². The highest BCUT2D eigenvalue weighted by Crippen LogP contribution is 2.22. The van der Waals surface area contributed by atoms with Gasteiger partial charge >= 0.3 is 0 Å². The third-order valence-electron chi connectivity index (χ3n) is 3.39. The minimum Gasteiger partial charge on any atom is -0.348 e. The average molecular weight is 287 g/mol. The molecule has 1 fully saturated rings. The fourth-order valence-electron chi connectivity index (χ4n) is 2.09. The van der Waals surface area contributed by atoms with E-state index in [1.54, 1.807) is 11.7 Å². The van der Waals surface area contributed by atoms with Crippen molar-refractivity contribution in [1.29, 1.82) is 0 Å². The van der Waals surface area contributed by atoms with Gasteiger partial charge in [0.05, 0.1) is 5.69 Å². The van der Waals surface area contributed by atoms with E-state index in [1.165, 1.54) is 0 Å². The Morgan fingerprint density at radius 1 is 1.47 bits per heavy atom. The molecule has 1 aromatic rings. The normalized spacial score (nSPS) is 22.4. The van der Waals surface area contributed by atoms with Gasteiger partial charge in [0.25, 0.3) is 5.91 Å². The van der Waals surface area contributed by atoms with Crippen LogP contribution in [0.25, 0.3) is 0 Å². The van der Waals surface area contributed by atoms with Gasteiger partial charge in [0.1, 0.15) is 5.69 Å². The van der Waals surface area contributed by atoms with Crippen molar-refractivity contribution >= 4 is 18.3 Å². The van der Waals surface area contributed by atoms with E-state index in [0.29, 0.717) is 5.69 Å². The second kappa shape index (κ2) is 5.51. The Kier molecular flexibility index (Phi) is 4.63.